The van der Waals surface area contributed by atoms with E-state index in [-0.39, 0.29) is 10.6 Å². The van der Waals surface area contributed by atoms with Crippen LogP contribution in [0.15, 0.2) is 87.3 Å². The van der Waals surface area contributed by atoms with Gasteiger partial charge in [0.2, 0.25) is 0 Å². The average Bonchev–Trinajstić information content (AvgIpc) is 2.71. The number of nitrogens with one attached hydrogen (secondary N) is 1. The summed E-state index contributed by atoms with van der Waals surface area (Å²) in [6, 6.07) is 19.9. The molecule has 0 aromatic heterocycles. The van der Waals surface area contributed by atoms with Crippen LogP contribution in [0.1, 0.15) is 21.5 Å². The Hall–Kier alpha value is -2.97. The lowest BCUT2D eigenvalue weighted by atomic mass is 10.2. The summed E-state index contributed by atoms with van der Waals surface area (Å²) in [4.78, 5) is 14.6. The van der Waals surface area contributed by atoms with Crippen molar-refractivity contribution >= 4 is 38.1 Å². The van der Waals surface area contributed by atoms with Gasteiger partial charge >= 0.3 is 5.97 Å². The maximum Gasteiger partial charge on any atom is 0.343 e. The number of ether oxygens (including phenoxy) is 1. The summed E-state index contributed by atoms with van der Waals surface area (Å²) in [5.74, 6) is -0.275. The first kappa shape index (κ1) is 20.8. The molecule has 0 radical (unpaired) electrons. The largest absolute Gasteiger partial charge is 0.422 e. The number of benzene rings is 3. The van der Waals surface area contributed by atoms with Crippen molar-refractivity contribution in [3.63, 3.8) is 0 Å². The van der Waals surface area contributed by atoms with E-state index < -0.39 is 16.0 Å². The molecule has 29 heavy (non-hydrogen) atoms. The van der Waals surface area contributed by atoms with Gasteiger partial charge in [0.25, 0.3) is 10.0 Å². The van der Waals surface area contributed by atoms with Gasteiger partial charge in [-0.3, -0.25) is 0 Å². The van der Waals surface area contributed by atoms with Crippen LogP contribution in [0.3, 0.4) is 0 Å². The lowest BCUT2D eigenvalue weighted by molar-refractivity contribution is 0.0734. The summed E-state index contributed by atoms with van der Waals surface area (Å²) in [7, 11) is -3.80. The molecule has 0 heterocycles. The van der Waals surface area contributed by atoms with Crippen LogP contribution in [0, 0.1) is 6.92 Å². The van der Waals surface area contributed by atoms with E-state index in [0.29, 0.717) is 11.1 Å². The van der Waals surface area contributed by atoms with Crippen LogP contribution >= 0.6 is 15.9 Å². The van der Waals surface area contributed by atoms with Crippen LogP contribution in [-0.2, 0) is 10.0 Å². The lowest BCUT2D eigenvalue weighted by Gasteiger charge is -2.08. The molecule has 0 saturated carbocycles. The SMILES string of the molecule is Cc1ccc(S(=O)(=O)N/N=C\c2cc(Br)ccc2OC(=O)c2ccccc2)cc1. The van der Waals surface area contributed by atoms with Gasteiger partial charge < -0.3 is 4.74 Å². The van der Waals surface area contributed by atoms with Crippen molar-refractivity contribution in [2.45, 2.75) is 11.8 Å². The number of carbonyl (C=O) groups excluding carboxylic acids is 1. The maximum absolute atomic E-state index is 12.3. The number of hydrazone groups is 1. The molecule has 0 amide bonds. The van der Waals surface area contributed by atoms with Gasteiger partial charge in [0, 0.05) is 10.0 Å². The highest BCUT2D eigenvalue weighted by Gasteiger charge is 2.13. The Morgan fingerprint density at radius 3 is 2.41 bits per heavy atom. The molecular formula is C21H17BrN2O4S. The summed E-state index contributed by atoms with van der Waals surface area (Å²) >= 11 is 3.34. The van der Waals surface area contributed by atoms with Gasteiger partial charge in [-0.1, -0.05) is 51.8 Å². The lowest BCUT2D eigenvalue weighted by Crippen LogP contribution is -2.18. The maximum atomic E-state index is 12.3. The molecule has 3 rings (SSSR count). The molecule has 0 aliphatic rings. The molecule has 3 aromatic rings. The molecule has 0 atom stereocenters. The fourth-order valence-corrected chi connectivity index (χ4v) is 3.55. The van der Waals surface area contributed by atoms with Crippen LogP contribution in [0.25, 0.3) is 0 Å². The van der Waals surface area contributed by atoms with Crippen LogP contribution in [0.4, 0.5) is 0 Å². The zero-order valence-electron chi connectivity index (χ0n) is 15.4. The Bertz CT molecular complexity index is 1150. The minimum absolute atomic E-state index is 0.102. The van der Waals surface area contributed by atoms with Crippen LogP contribution in [0.2, 0.25) is 0 Å². The van der Waals surface area contributed by atoms with Crippen LogP contribution in [-0.4, -0.2) is 20.6 Å². The van der Waals surface area contributed by atoms with Crippen LogP contribution < -0.4 is 9.57 Å². The quantitative estimate of drug-likeness (QED) is 0.251. The highest BCUT2D eigenvalue weighted by molar-refractivity contribution is 9.10. The highest BCUT2D eigenvalue weighted by Crippen LogP contribution is 2.23. The summed E-state index contributed by atoms with van der Waals surface area (Å²) in [6.45, 7) is 1.87. The molecule has 0 bridgehead atoms. The van der Waals surface area contributed by atoms with Crippen molar-refractivity contribution < 1.29 is 17.9 Å². The predicted octanol–water partition coefficient (Wildman–Crippen LogP) is 4.29. The molecule has 0 saturated heterocycles. The molecule has 0 spiro atoms. The predicted molar refractivity (Wildman–Crippen MR) is 115 cm³/mol. The fraction of sp³-hybridized carbons (Fsp3) is 0.0476. The highest BCUT2D eigenvalue weighted by atomic mass is 79.9. The van der Waals surface area contributed by atoms with Crippen molar-refractivity contribution in [2.24, 2.45) is 5.10 Å². The number of nitrogens with zero attached hydrogens (tertiary/aromatic N) is 1. The Kier molecular flexibility index (Phi) is 6.46. The molecule has 0 aliphatic heterocycles. The molecule has 8 heteroatoms. The van der Waals surface area contributed by atoms with Gasteiger partial charge in [0.1, 0.15) is 5.75 Å². The molecule has 0 unspecified atom stereocenters. The third kappa shape index (κ3) is 5.52. The van der Waals surface area contributed by atoms with E-state index in [2.05, 4.69) is 25.9 Å². The van der Waals surface area contributed by atoms with E-state index in [4.69, 9.17) is 4.74 Å². The Morgan fingerprint density at radius 1 is 1.03 bits per heavy atom. The summed E-state index contributed by atoms with van der Waals surface area (Å²) in [5.41, 5.74) is 1.78. The monoisotopic (exact) mass is 472 g/mol. The Morgan fingerprint density at radius 2 is 1.72 bits per heavy atom. The standard InChI is InChI=1S/C21H17BrN2O4S/c1-15-7-10-19(11-8-15)29(26,27)24-23-14-17-13-18(22)9-12-20(17)28-21(25)16-5-3-2-4-6-16/h2-14,24H,1H3/b23-14-. The minimum atomic E-state index is -3.80. The van der Waals surface area contributed by atoms with Crippen LogP contribution in [0.5, 0.6) is 5.75 Å². The van der Waals surface area contributed by atoms with E-state index in [9.17, 15) is 13.2 Å². The number of carbonyl (C=O) groups is 1. The first-order valence-electron chi connectivity index (χ1n) is 8.53. The third-order valence-corrected chi connectivity index (χ3v) is 5.62. The van der Waals surface area contributed by atoms with E-state index in [0.717, 1.165) is 10.0 Å². The number of aryl methyl sites for hydroxylation is 1. The van der Waals surface area contributed by atoms with Crippen molar-refractivity contribution in [1.82, 2.24) is 4.83 Å². The Labute approximate surface area is 177 Å². The average molecular weight is 473 g/mol. The Balaban J connectivity index is 1.79. The molecule has 148 valence electrons. The third-order valence-electron chi connectivity index (χ3n) is 3.89. The molecule has 3 aromatic carbocycles. The number of esters is 1. The van der Waals surface area contributed by atoms with E-state index in [1.807, 2.05) is 6.92 Å². The van der Waals surface area contributed by atoms with Crippen molar-refractivity contribution in [2.75, 3.05) is 0 Å². The van der Waals surface area contributed by atoms with E-state index in [1.165, 1.54) is 18.3 Å². The van der Waals surface area contributed by atoms with E-state index >= 15 is 0 Å². The van der Waals surface area contributed by atoms with Gasteiger partial charge in [-0.05, 0) is 49.4 Å². The van der Waals surface area contributed by atoms with Gasteiger partial charge in [-0.2, -0.15) is 13.5 Å². The van der Waals surface area contributed by atoms with Gasteiger partial charge in [-0.15, -0.1) is 0 Å². The summed E-state index contributed by atoms with van der Waals surface area (Å²) in [5, 5.41) is 3.82. The first-order valence-corrected chi connectivity index (χ1v) is 10.8. The second-order valence-electron chi connectivity index (χ2n) is 6.10. The van der Waals surface area contributed by atoms with Gasteiger partial charge in [0.05, 0.1) is 16.7 Å². The van der Waals surface area contributed by atoms with Gasteiger partial charge in [-0.25, -0.2) is 9.63 Å². The number of hydrogen-bond acceptors (Lipinski definition) is 5. The smallest absolute Gasteiger partial charge is 0.343 e. The van der Waals surface area contributed by atoms with Gasteiger partial charge in [0.15, 0.2) is 0 Å². The minimum Gasteiger partial charge on any atom is -0.422 e. The fourth-order valence-electron chi connectivity index (χ4n) is 2.38. The second-order valence-corrected chi connectivity index (χ2v) is 8.68. The van der Waals surface area contributed by atoms with Crippen molar-refractivity contribution in [3.8, 4) is 5.75 Å². The zero-order valence-corrected chi connectivity index (χ0v) is 17.8. The second kappa shape index (κ2) is 9.02. The van der Waals surface area contributed by atoms with Crippen molar-refractivity contribution in [3.05, 3.63) is 94.0 Å². The number of halogens is 1. The first-order chi connectivity index (χ1) is 13.8. The molecule has 0 aliphatic carbocycles. The number of rotatable bonds is 6. The summed E-state index contributed by atoms with van der Waals surface area (Å²) < 4.78 is 30.8. The topological polar surface area (TPSA) is 84.8 Å². The molecule has 6 nitrogen and oxygen atoms in total. The normalized spacial score (nSPS) is 11.4. The molecular weight excluding hydrogens is 456 g/mol. The zero-order chi connectivity index (χ0) is 20.9. The molecule has 0 fully saturated rings. The van der Waals surface area contributed by atoms with Crippen molar-refractivity contribution in [1.29, 1.82) is 0 Å². The number of sulfonamides is 1. The molecule has 1 N–H and O–H groups in total. The number of hydrogen-bond donors (Lipinski definition) is 1. The van der Waals surface area contributed by atoms with E-state index in [1.54, 1.807) is 60.7 Å². The summed E-state index contributed by atoms with van der Waals surface area (Å²) in [6.07, 6.45) is 1.28.